The lowest BCUT2D eigenvalue weighted by molar-refractivity contribution is 0.414. The first kappa shape index (κ1) is 20.7. The molecule has 0 fully saturated rings. The molecule has 0 bridgehead atoms. The predicted octanol–water partition coefficient (Wildman–Crippen LogP) is 6.53. The zero-order valence-corrected chi connectivity index (χ0v) is 19.0. The van der Waals surface area contributed by atoms with Crippen LogP contribution in [-0.2, 0) is 0 Å². The third-order valence-electron chi connectivity index (χ3n) is 5.40. The molecular formula is C27H20N4OS. The number of fused-ring (bicyclic) bond motifs is 1. The summed E-state index contributed by atoms with van der Waals surface area (Å²) in [5.74, 6) is 0.794. The number of hydrogen-bond acceptors (Lipinski definition) is 5. The number of hydrogen-bond donors (Lipinski definition) is 0. The maximum atomic E-state index is 9.98. The fourth-order valence-electron chi connectivity index (χ4n) is 3.73. The van der Waals surface area contributed by atoms with Gasteiger partial charge in [0.25, 0.3) is 0 Å². The highest BCUT2D eigenvalue weighted by molar-refractivity contribution is 7.19. The van der Waals surface area contributed by atoms with Gasteiger partial charge in [-0.1, -0.05) is 30.3 Å². The van der Waals surface area contributed by atoms with Crippen LogP contribution >= 0.6 is 11.3 Å². The van der Waals surface area contributed by atoms with Crippen LogP contribution < -0.4 is 4.74 Å². The van der Waals surface area contributed by atoms with Gasteiger partial charge in [0.05, 0.1) is 28.6 Å². The molecule has 0 aliphatic rings. The molecule has 3 aromatic carbocycles. The standard InChI is InChI=1S/C27H20N4OS/c1-18-14-22(32-2)12-13-23(18)26-20(17-31(30-26)21-8-4-3-5-9-21)15-19(16-28)27-29-24-10-6-7-11-25(24)33-27/h3-15,17H,1-2H3. The second-order valence-corrected chi connectivity index (χ2v) is 8.58. The predicted molar refractivity (Wildman–Crippen MR) is 133 cm³/mol. The van der Waals surface area contributed by atoms with E-state index >= 15 is 0 Å². The van der Waals surface area contributed by atoms with Gasteiger partial charge in [0.2, 0.25) is 0 Å². The van der Waals surface area contributed by atoms with Crippen molar-refractivity contribution in [2.75, 3.05) is 7.11 Å². The van der Waals surface area contributed by atoms with Gasteiger partial charge in [-0.25, -0.2) is 9.67 Å². The number of nitrogens with zero attached hydrogens (tertiary/aromatic N) is 4. The van der Waals surface area contributed by atoms with Crippen molar-refractivity contribution in [1.82, 2.24) is 14.8 Å². The first-order valence-electron chi connectivity index (χ1n) is 10.4. The molecule has 0 saturated heterocycles. The highest BCUT2D eigenvalue weighted by Gasteiger charge is 2.16. The zero-order valence-electron chi connectivity index (χ0n) is 18.2. The van der Waals surface area contributed by atoms with E-state index in [2.05, 4.69) is 11.1 Å². The third kappa shape index (κ3) is 4.02. The fraction of sp³-hybridized carbons (Fsp3) is 0.0741. The first-order chi connectivity index (χ1) is 16.2. The lowest BCUT2D eigenvalue weighted by Gasteiger charge is -2.07. The first-order valence-corrected chi connectivity index (χ1v) is 11.3. The number of thiazole rings is 1. The molecule has 5 rings (SSSR count). The Balaban J connectivity index is 1.68. The molecule has 0 amide bonds. The Hall–Kier alpha value is -4.21. The Morgan fingerprint density at radius 3 is 2.58 bits per heavy atom. The van der Waals surface area contributed by atoms with Crippen molar-refractivity contribution in [3.63, 3.8) is 0 Å². The monoisotopic (exact) mass is 448 g/mol. The molecule has 0 atom stereocenters. The van der Waals surface area contributed by atoms with Crippen LogP contribution in [0, 0.1) is 18.3 Å². The molecule has 0 aliphatic heterocycles. The van der Waals surface area contributed by atoms with Gasteiger partial charge in [0.1, 0.15) is 22.5 Å². The number of ether oxygens (including phenoxy) is 1. The Bertz CT molecular complexity index is 1490. The van der Waals surface area contributed by atoms with Crippen molar-refractivity contribution in [3.8, 4) is 28.8 Å². The Labute approximate surface area is 195 Å². The summed E-state index contributed by atoms with van der Waals surface area (Å²) in [4.78, 5) is 4.67. The summed E-state index contributed by atoms with van der Waals surface area (Å²) < 4.78 is 8.27. The largest absolute Gasteiger partial charge is 0.497 e. The third-order valence-corrected chi connectivity index (χ3v) is 6.47. The second-order valence-electron chi connectivity index (χ2n) is 7.55. The van der Waals surface area contributed by atoms with E-state index in [9.17, 15) is 5.26 Å². The summed E-state index contributed by atoms with van der Waals surface area (Å²) in [6, 6.07) is 26.1. The van der Waals surface area contributed by atoms with Gasteiger partial charge in [-0.2, -0.15) is 10.4 Å². The minimum absolute atomic E-state index is 0.510. The van der Waals surface area contributed by atoms with Crippen LogP contribution in [0.1, 0.15) is 16.1 Å². The molecular weight excluding hydrogens is 428 g/mol. The van der Waals surface area contributed by atoms with Gasteiger partial charge in [-0.05, 0) is 61.0 Å². The van der Waals surface area contributed by atoms with Gasteiger partial charge in [-0.15, -0.1) is 11.3 Å². The van der Waals surface area contributed by atoms with Crippen molar-refractivity contribution in [3.05, 3.63) is 95.1 Å². The molecule has 5 aromatic rings. The van der Waals surface area contributed by atoms with Crippen LogP contribution in [0.3, 0.4) is 0 Å². The molecule has 0 spiro atoms. The highest BCUT2D eigenvalue weighted by Crippen LogP contribution is 2.33. The Kier molecular flexibility index (Phi) is 5.47. The molecule has 2 heterocycles. The van der Waals surface area contributed by atoms with E-state index in [0.717, 1.165) is 44.0 Å². The number of benzene rings is 3. The molecule has 0 N–H and O–H groups in total. The molecule has 5 nitrogen and oxygen atoms in total. The lowest BCUT2D eigenvalue weighted by Crippen LogP contribution is -1.95. The van der Waals surface area contributed by atoms with Gasteiger partial charge in [-0.3, -0.25) is 0 Å². The maximum Gasteiger partial charge on any atom is 0.135 e. The van der Waals surface area contributed by atoms with E-state index in [1.807, 2.05) is 96.7 Å². The van der Waals surface area contributed by atoms with Gasteiger partial charge < -0.3 is 4.74 Å². The maximum absolute atomic E-state index is 9.98. The summed E-state index contributed by atoms with van der Waals surface area (Å²) in [6.45, 7) is 2.03. The highest BCUT2D eigenvalue weighted by atomic mass is 32.1. The number of methoxy groups -OCH3 is 1. The van der Waals surface area contributed by atoms with E-state index in [0.29, 0.717) is 10.6 Å². The minimum Gasteiger partial charge on any atom is -0.497 e. The summed E-state index contributed by atoms with van der Waals surface area (Å²) in [6.07, 6.45) is 3.84. The van der Waals surface area contributed by atoms with Crippen LogP contribution in [0.4, 0.5) is 0 Å². The SMILES string of the molecule is COc1ccc(-c2nn(-c3ccccc3)cc2C=C(C#N)c2nc3ccccc3s2)c(C)c1. The second kappa shape index (κ2) is 8.73. The number of aromatic nitrogens is 3. The minimum atomic E-state index is 0.510. The summed E-state index contributed by atoms with van der Waals surface area (Å²) >= 11 is 1.52. The van der Waals surface area contributed by atoms with Gasteiger partial charge in [0, 0.05) is 17.3 Å². The normalized spacial score (nSPS) is 11.5. The molecule has 0 aliphatic carbocycles. The van der Waals surface area contributed by atoms with Crippen LogP contribution in [0.5, 0.6) is 5.75 Å². The van der Waals surface area contributed by atoms with Crippen molar-refractivity contribution >= 4 is 33.2 Å². The van der Waals surface area contributed by atoms with E-state index in [1.165, 1.54) is 11.3 Å². The van der Waals surface area contributed by atoms with Crippen LogP contribution in [-0.4, -0.2) is 21.9 Å². The number of aryl methyl sites for hydroxylation is 1. The van der Waals surface area contributed by atoms with Gasteiger partial charge >= 0.3 is 0 Å². The van der Waals surface area contributed by atoms with Crippen molar-refractivity contribution in [2.24, 2.45) is 0 Å². The Morgan fingerprint density at radius 2 is 1.85 bits per heavy atom. The van der Waals surface area contributed by atoms with Gasteiger partial charge in [0.15, 0.2) is 0 Å². The summed E-state index contributed by atoms with van der Waals surface area (Å²) in [7, 11) is 1.66. The number of nitriles is 1. The molecule has 6 heteroatoms. The summed E-state index contributed by atoms with van der Waals surface area (Å²) in [5.41, 5.74) is 6.03. The van der Waals surface area contributed by atoms with E-state index in [1.54, 1.807) is 7.11 Å². The van der Waals surface area contributed by atoms with Crippen LogP contribution in [0.15, 0.2) is 79.0 Å². The zero-order chi connectivity index (χ0) is 22.8. The van der Waals surface area contributed by atoms with E-state index < -0.39 is 0 Å². The van der Waals surface area contributed by atoms with Crippen LogP contribution in [0.2, 0.25) is 0 Å². The smallest absolute Gasteiger partial charge is 0.135 e. The molecule has 0 saturated carbocycles. The number of rotatable bonds is 5. The average Bonchev–Trinajstić information content (AvgIpc) is 3.47. The number of allylic oxidation sites excluding steroid dienone is 1. The number of para-hydroxylation sites is 2. The fourth-order valence-corrected chi connectivity index (χ4v) is 4.66. The van der Waals surface area contributed by atoms with E-state index in [4.69, 9.17) is 9.84 Å². The topological polar surface area (TPSA) is 63.7 Å². The van der Waals surface area contributed by atoms with E-state index in [-0.39, 0.29) is 0 Å². The molecule has 33 heavy (non-hydrogen) atoms. The molecule has 0 unspecified atom stereocenters. The van der Waals surface area contributed by atoms with Crippen molar-refractivity contribution < 1.29 is 4.74 Å². The molecule has 2 aromatic heterocycles. The Morgan fingerprint density at radius 1 is 1.06 bits per heavy atom. The molecule has 160 valence electrons. The quantitative estimate of drug-likeness (QED) is 0.287. The molecule has 0 radical (unpaired) electrons. The average molecular weight is 449 g/mol. The van der Waals surface area contributed by atoms with Crippen molar-refractivity contribution in [2.45, 2.75) is 6.92 Å². The van der Waals surface area contributed by atoms with Crippen LogP contribution in [0.25, 0.3) is 38.8 Å². The van der Waals surface area contributed by atoms with Crippen molar-refractivity contribution in [1.29, 1.82) is 5.26 Å². The summed E-state index contributed by atoms with van der Waals surface area (Å²) in [5, 5.41) is 15.6. The lowest BCUT2D eigenvalue weighted by atomic mass is 10.0.